The van der Waals surface area contributed by atoms with Gasteiger partial charge in [-0.15, -0.1) is 0 Å². The van der Waals surface area contributed by atoms with Crippen molar-refractivity contribution in [3.05, 3.63) is 12.3 Å². The molecule has 0 fully saturated rings. The molecule has 74 valence electrons. The van der Waals surface area contributed by atoms with Gasteiger partial charge in [-0.25, -0.2) is 9.59 Å². The first-order chi connectivity index (χ1) is 6.02. The number of amides is 1. The molecular formula is C8H13NO4. The van der Waals surface area contributed by atoms with Gasteiger partial charge in [0.15, 0.2) is 0 Å². The highest BCUT2D eigenvalue weighted by molar-refractivity contribution is 5.86. The van der Waals surface area contributed by atoms with E-state index >= 15 is 0 Å². The molecule has 1 N–H and O–H groups in total. The van der Waals surface area contributed by atoms with Crippen LogP contribution >= 0.6 is 0 Å². The second-order valence-corrected chi connectivity index (χ2v) is 2.27. The number of carbonyl (C=O) groups excluding carboxylic acids is 1. The van der Waals surface area contributed by atoms with E-state index in [-0.39, 0.29) is 0 Å². The highest BCUT2D eigenvalue weighted by atomic mass is 16.6. The smallest absolute Gasteiger partial charge is 0.415 e. The molecule has 5 nitrogen and oxygen atoms in total. The van der Waals surface area contributed by atoms with Crippen LogP contribution in [0.2, 0.25) is 0 Å². The molecule has 0 radical (unpaired) electrons. The van der Waals surface area contributed by atoms with Crippen molar-refractivity contribution in [2.75, 3.05) is 13.1 Å². The van der Waals surface area contributed by atoms with E-state index in [0.717, 1.165) is 0 Å². The van der Waals surface area contributed by atoms with E-state index in [0.29, 0.717) is 13.1 Å². The van der Waals surface area contributed by atoms with E-state index < -0.39 is 17.8 Å². The highest BCUT2D eigenvalue weighted by Crippen LogP contribution is 1.99. The van der Waals surface area contributed by atoms with E-state index in [2.05, 4.69) is 11.3 Å². The molecule has 0 aliphatic heterocycles. The first kappa shape index (κ1) is 11.5. The highest BCUT2D eigenvalue weighted by Gasteiger charge is 2.15. The summed E-state index contributed by atoms with van der Waals surface area (Å²) in [5.41, 5.74) is 0. The molecule has 13 heavy (non-hydrogen) atoms. The third-order valence-corrected chi connectivity index (χ3v) is 1.47. The SMILES string of the molecule is C=C(OC(=O)N(CC)CC)C(=O)O. The van der Waals surface area contributed by atoms with Gasteiger partial charge in [0.1, 0.15) is 0 Å². The van der Waals surface area contributed by atoms with Crippen LogP contribution in [0, 0.1) is 0 Å². The molecule has 5 heteroatoms. The van der Waals surface area contributed by atoms with Gasteiger partial charge in [0, 0.05) is 13.1 Å². The molecular weight excluding hydrogens is 174 g/mol. The summed E-state index contributed by atoms with van der Waals surface area (Å²) < 4.78 is 4.45. The average Bonchev–Trinajstić information content (AvgIpc) is 2.06. The minimum absolute atomic E-state index is 0.474. The number of carboxylic acids is 1. The van der Waals surface area contributed by atoms with Gasteiger partial charge in [0.05, 0.1) is 0 Å². The molecule has 0 saturated heterocycles. The van der Waals surface area contributed by atoms with E-state index in [9.17, 15) is 9.59 Å². The Labute approximate surface area is 76.6 Å². The predicted octanol–water partition coefficient (Wildman–Crippen LogP) is 1.06. The van der Waals surface area contributed by atoms with Crippen molar-refractivity contribution < 1.29 is 19.4 Å². The summed E-state index contributed by atoms with van der Waals surface area (Å²) in [5.74, 6) is -1.89. The number of carbonyl (C=O) groups is 2. The molecule has 0 bridgehead atoms. The predicted molar refractivity (Wildman–Crippen MR) is 46.2 cm³/mol. The molecule has 0 aromatic rings. The lowest BCUT2D eigenvalue weighted by molar-refractivity contribution is -0.135. The topological polar surface area (TPSA) is 66.8 Å². The van der Waals surface area contributed by atoms with Gasteiger partial charge < -0.3 is 14.7 Å². The Balaban J connectivity index is 4.13. The number of ether oxygens (including phenoxy) is 1. The van der Waals surface area contributed by atoms with Crippen molar-refractivity contribution in [2.45, 2.75) is 13.8 Å². The second kappa shape index (κ2) is 5.18. The zero-order valence-electron chi connectivity index (χ0n) is 7.74. The molecule has 0 aliphatic carbocycles. The summed E-state index contributed by atoms with van der Waals surface area (Å²) in [7, 11) is 0. The van der Waals surface area contributed by atoms with Crippen LogP contribution in [0.25, 0.3) is 0 Å². The van der Waals surface area contributed by atoms with Crippen LogP contribution < -0.4 is 0 Å². The van der Waals surface area contributed by atoms with E-state index in [4.69, 9.17) is 5.11 Å². The summed E-state index contributed by atoms with van der Waals surface area (Å²) in [5, 5.41) is 8.36. The summed E-state index contributed by atoms with van der Waals surface area (Å²) in [6, 6.07) is 0. The van der Waals surface area contributed by atoms with Crippen LogP contribution in [-0.2, 0) is 9.53 Å². The number of carboxylic acid groups (broad SMARTS) is 1. The number of rotatable bonds is 4. The Kier molecular flexibility index (Phi) is 4.58. The number of nitrogens with zero attached hydrogens (tertiary/aromatic N) is 1. The van der Waals surface area contributed by atoms with Crippen molar-refractivity contribution in [2.24, 2.45) is 0 Å². The zero-order chi connectivity index (χ0) is 10.4. The van der Waals surface area contributed by atoms with E-state index in [1.807, 2.05) is 0 Å². The fourth-order valence-corrected chi connectivity index (χ4v) is 0.695. The fourth-order valence-electron chi connectivity index (χ4n) is 0.695. The van der Waals surface area contributed by atoms with E-state index in [1.54, 1.807) is 13.8 Å². The fraction of sp³-hybridized carbons (Fsp3) is 0.500. The van der Waals surface area contributed by atoms with Gasteiger partial charge in [0.2, 0.25) is 5.76 Å². The van der Waals surface area contributed by atoms with Crippen molar-refractivity contribution in [3.63, 3.8) is 0 Å². The zero-order valence-corrected chi connectivity index (χ0v) is 7.74. The average molecular weight is 187 g/mol. The van der Waals surface area contributed by atoms with Crippen molar-refractivity contribution in [3.8, 4) is 0 Å². The van der Waals surface area contributed by atoms with Crippen LogP contribution in [0.3, 0.4) is 0 Å². The van der Waals surface area contributed by atoms with Crippen LogP contribution in [0.5, 0.6) is 0 Å². The maximum absolute atomic E-state index is 11.1. The normalized spacial score (nSPS) is 9.08. The Bertz CT molecular complexity index is 220. The largest absolute Gasteiger partial charge is 0.475 e. The van der Waals surface area contributed by atoms with Gasteiger partial charge in [0.25, 0.3) is 0 Å². The van der Waals surface area contributed by atoms with Gasteiger partial charge in [-0.1, -0.05) is 0 Å². The molecule has 0 spiro atoms. The summed E-state index contributed by atoms with van der Waals surface area (Å²) in [6.07, 6.45) is -0.683. The van der Waals surface area contributed by atoms with E-state index in [1.165, 1.54) is 4.90 Å². The third-order valence-electron chi connectivity index (χ3n) is 1.47. The molecule has 0 rings (SSSR count). The molecule has 0 aliphatic rings. The first-order valence-corrected chi connectivity index (χ1v) is 3.91. The molecule has 0 atom stereocenters. The minimum Gasteiger partial charge on any atom is -0.475 e. The van der Waals surface area contributed by atoms with Crippen LogP contribution in [0.4, 0.5) is 4.79 Å². The van der Waals surface area contributed by atoms with Crippen molar-refractivity contribution in [1.29, 1.82) is 0 Å². The molecule has 0 unspecified atom stereocenters. The summed E-state index contributed by atoms with van der Waals surface area (Å²) in [6.45, 7) is 7.57. The maximum atomic E-state index is 11.1. The van der Waals surface area contributed by atoms with Crippen molar-refractivity contribution >= 4 is 12.1 Å². The lowest BCUT2D eigenvalue weighted by atomic mass is 10.5. The molecule has 1 amide bonds. The van der Waals surface area contributed by atoms with Crippen LogP contribution in [0.1, 0.15) is 13.8 Å². The van der Waals surface area contributed by atoms with Gasteiger partial charge in [-0.3, -0.25) is 0 Å². The van der Waals surface area contributed by atoms with Gasteiger partial charge >= 0.3 is 12.1 Å². The van der Waals surface area contributed by atoms with Crippen LogP contribution in [0.15, 0.2) is 12.3 Å². The summed E-state index contributed by atoms with van der Waals surface area (Å²) >= 11 is 0. The van der Waals surface area contributed by atoms with Crippen molar-refractivity contribution in [1.82, 2.24) is 4.90 Å². The first-order valence-electron chi connectivity index (χ1n) is 3.91. The second-order valence-electron chi connectivity index (χ2n) is 2.27. The minimum atomic E-state index is -1.33. The standard InChI is InChI=1S/C8H13NO4/c1-4-9(5-2)8(12)13-6(3)7(10)11/h3-5H2,1-2H3,(H,10,11). The van der Waals surface area contributed by atoms with Gasteiger partial charge in [-0.2, -0.15) is 0 Å². The summed E-state index contributed by atoms with van der Waals surface area (Å²) in [4.78, 5) is 22.7. The molecule has 0 heterocycles. The maximum Gasteiger partial charge on any atom is 0.415 e. The third kappa shape index (κ3) is 3.59. The lowest BCUT2D eigenvalue weighted by Gasteiger charge is -2.17. The number of hydrogen-bond acceptors (Lipinski definition) is 3. The number of hydrogen-bond donors (Lipinski definition) is 1. The lowest BCUT2D eigenvalue weighted by Crippen LogP contribution is -2.31. The monoisotopic (exact) mass is 187 g/mol. The molecule has 0 aromatic carbocycles. The Morgan fingerprint density at radius 3 is 2.15 bits per heavy atom. The Morgan fingerprint density at radius 1 is 1.38 bits per heavy atom. The molecule has 0 saturated carbocycles. The van der Waals surface area contributed by atoms with Gasteiger partial charge in [-0.05, 0) is 20.4 Å². The number of aliphatic carboxylic acids is 1. The molecule has 0 aromatic heterocycles. The quantitative estimate of drug-likeness (QED) is 0.528. The van der Waals surface area contributed by atoms with Crippen LogP contribution in [-0.4, -0.2) is 35.2 Å². The Morgan fingerprint density at radius 2 is 1.85 bits per heavy atom. The Hall–Kier alpha value is -1.52.